The first-order valence-corrected chi connectivity index (χ1v) is 5.78. The zero-order chi connectivity index (χ0) is 11.4. The highest BCUT2D eigenvalue weighted by Crippen LogP contribution is 2.23. The van der Waals surface area contributed by atoms with Crippen molar-refractivity contribution in [1.82, 2.24) is 0 Å². The number of rotatable bonds is 2. The van der Waals surface area contributed by atoms with E-state index >= 15 is 0 Å². The number of nitrogens with zero attached hydrogens (tertiary/aromatic N) is 2. The van der Waals surface area contributed by atoms with Gasteiger partial charge in [-0.2, -0.15) is 5.26 Å². The first-order valence-electron chi connectivity index (χ1n) is 5.25. The number of alkyl halides is 1. The normalized spacial score (nSPS) is 20.5. The zero-order valence-corrected chi connectivity index (χ0v) is 9.65. The van der Waals surface area contributed by atoms with Gasteiger partial charge in [-0.1, -0.05) is 18.2 Å². The van der Waals surface area contributed by atoms with Crippen molar-refractivity contribution in [2.45, 2.75) is 12.0 Å². The summed E-state index contributed by atoms with van der Waals surface area (Å²) in [6.45, 7) is 2.02. The maximum atomic E-state index is 8.85. The number of ether oxygens (including phenoxy) is 1. The molecular weight excluding hydrogens is 224 g/mol. The van der Waals surface area contributed by atoms with Gasteiger partial charge in [0.25, 0.3) is 0 Å². The summed E-state index contributed by atoms with van der Waals surface area (Å²) in [7, 11) is 0. The molecule has 1 unspecified atom stereocenters. The molecule has 0 aromatic heterocycles. The Morgan fingerprint density at radius 2 is 2.31 bits per heavy atom. The second-order valence-electron chi connectivity index (χ2n) is 3.70. The number of nitriles is 1. The summed E-state index contributed by atoms with van der Waals surface area (Å²) in [5, 5.41) is 8.85. The number of anilines is 1. The number of benzene rings is 1. The molecule has 16 heavy (non-hydrogen) atoms. The summed E-state index contributed by atoms with van der Waals surface area (Å²) in [5.41, 5.74) is 2.21. The second kappa shape index (κ2) is 5.20. The van der Waals surface area contributed by atoms with Gasteiger partial charge in [-0.05, 0) is 11.6 Å². The van der Waals surface area contributed by atoms with Gasteiger partial charge in [-0.3, -0.25) is 0 Å². The Bertz CT molecular complexity index is 402. The van der Waals surface area contributed by atoms with E-state index in [2.05, 4.69) is 11.0 Å². The molecule has 1 atom stereocenters. The summed E-state index contributed by atoms with van der Waals surface area (Å²) in [6, 6.07) is 10.2. The Kier molecular flexibility index (Phi) is 3.66. The van der Waals surface area contributed by atoms with Gasteiger partial charge in [0.05, 0.1) is 19.2 Å². The van der Waals surface area contributed by atoms with Gasteiger partial charge in [0, 0.05) is 18.1 Å². The van der Waals surface area contributed by atoms with Gasteiger partial charge in [-0.15, -0.1) is 11.6 Å². The van der Waals surface area contributed by atoms with E-state index in [1.165, 1.54) is 0 Å². The van der Waals surface area contributed by atoms with Crippen LogP contribution in [0.25, 0.3) is 0 Å². The molecule has 1 aliphatic heterocycles. The summed E-state index contributed by atoms with van der Waals surface area (Å²) in [4.78, 5) is 2.16. The lowest BCUT2D eigenvalue weighted by Crippen LogP contribution is -2.42. The first kappa shape index (κ1) is 11.3. The zero-order valence-electron chi connectivity index (χ0n) is 8.90. The quantitative estimate of drug-likeness (QED) is 0.739. The van der Waals surface area contributed by atoms with Gasteiger partial charge in [0.2, 0.25) is 0 Å². The fourth-order valence-electron chi connectivity index (χ4n) is 1.88. The Balaban J connectivity index is 2.20. The minimum atomic E-state index is -0.336. The molecule has 4 heteroatoms. The lowest BCUT2D eigenvalue weighted by molar-refractivity contribution is 0.0764. The average molecular weight is 237 g/mol. The van der Waals surface area contributed by atoms with Crippen molar-refractivity contribution < 1.29 is 4.74 Å². The molecule has 0 radical (unpaired) electrons. The molecule has 0 amide bonds. The molecule has 1 aliphatic rings. The fraction of sp³-hybridized carbons (Fsp3) is 0.417. The third-order valence-corrected chi connectivity index (χ3v) is 2.97. The van der Waals surface area contributed by atoms with Crippen LogP contribution >= 0.6 is 11.6 Å². The maximum absolute atomic E-state index is 8.85. The number of halogens is 1. The summed E-state index contributed by atoms with van der Waals surface area (Å²) in [6.07, 6.45) is -0.336. The number of hydrogen-bond donors (Lipinski definition) is 0. The average Bonchev–Trinajstić information content (AvgIpc) is 2.38. The SMILES string of the molecule is N#CC1CN(c2ccccc2CCl)CCO1. The smallest absolute Gasteiger partial charge is 0.161 e. The summed E-state index contributed by atoms with van der Waals surface area (Å²) < 4.78 is 5.32. The van der Waals surface area contributed by atoms with Crippen LogP contribution in [0.2, 0.25) is 0 Å². The molecule has 0 N–H and O–H groups in total. The molecule has 0 bridgehead atoms. The van der Waals surface area contributed by atoms with Crippen LogP contribution < -0.4 is 4.90 Å². The van der Waals surface area contributed by atoms with E-state index in [0.29, 0.717) is 19.0 Å². The Labute approximate surface area is 100 Å². The van der Waals surface area contributed by atoms with E-state index in [0.717, 1.165) is 17.8 Å². The van der Waals surface area contributed by atoms with Gasteiger partial charge < -0.3 is 9.64 Å². The predicted molar refractivity (Wildman–Crippen MR) is 63.6 cm³/mol. The van der Waals surface area contributed by atoms with Crippen molar-refractivity contribution in [3.63, 3.8) is 0 Å². The van der Waals surface area contributed by atoms with Crippen LogP contribution in [0.1, 0.15) is 5.56 Å². The molecule has 0 spiro atoms. The van der Waals surface area contributed by atoms with E-state index in [9.17, 15) is 0 Å². The lowest BCUT2D eigenvalue weighted by Gasteiger charge is -2.32. The standard InChI is InChI=1S/C12H13ClN2O/c13-7-10-3-1-2-4-12(10)15-5-6-16-11(8-14)9-15/h1-4,11H,5-7,9H2. The molecular formula is C12H13ClN2O. The first-order chi connectivity index (χ1) is 7.85. The van der Waals surface area contributed by atoms with Crippen molar-refractivity contribution in [2.75, 3.05) is 24.6 Å². The van der Waals surface area contributed by atoms with Crippen LogP contribution in [0.3, 0.4) is 0 Å². The Morgan fingerprint density at radius 1 is 1.50 bits per heavy atom. The minimum Gasteiger partial charge on any atom is -0.365 e. The van der Waals surface area contributed by atoms with Gasteiger partial charge in [0.15, 0.2) is 6.10 Å². The fourth-order valence-corrected chi connectivity index (χ4v) is 2.10. The lowest BCUT2D eigenvalue weighted by atomic mass is 10.1. The van der Waals surface area contributed by atoms with Crippen molar-refractivity contribution in [3.8, 4) is 6.07 Å². The van der Waals surface area contributed by atoms with Crippen molar-refractivity contribution in [3.05, 3.63) is 29.8 Å². The summed E-state index contributed by atoms with van der Waals surface area (Å²) >= 11 is 5.90. The maximum Gasteiger partial charge on any atom is 0.161 e. The van der Waals surface area contributed by atoms with E-state index in [1.807, 2.05) is 24.3 Å². The highest BCUT2D eigenvalue weighted by molar-refractivity contribution is 6.17. The summed E-state index contributed by atoms with van der Waals surface area (Å²) in [5.74, 6) is 0.491. The predicted octanol–water partition coefficient (Wildman–Crippen LogP) is 2.15. The van der Waals surface area contributed by atoms with E-state index < -0.39 is 0 Å². The third kappa shape index (κ3) is 2.29. The van der Waals surface area contributed by atoms with Crippen molar-refractivity contribution >= 4 is 17.3 Å². The topological polar surface area (TPSA) is 36.3 Å². The molecule has 1 heterocycles. The van der Waals surface area contributed by atoms with Gasteiger partial charge in [0.1, 0.15) is 0 Å². The van der Waals surface area contributed by atoms with Gasteiger partial charge in [-0.25, -0.2) is 0 Å². The molecule has 2 rings (SSSR count). The monoisotopic (exact) mass is 236 g/mol. The van der Waals surface area contributed by atoms with E-state index in [-0.39, 0.29) is 6.10 Å². The highest BCUT2D eigenvalue weighted by Gasteiger charge is 2.21. The largest absolute Gasteiger partial charge is 0.365 e. The van der Waals surface area contributed by atoms with Crippen LogP contribution in [0.4, 0.5) is 5.69 Å². The number of hydrogen-bond acceptors (Lipinski definition) is 3. The van der Waals surface area contributed by atoms with Gasteiger partial charge >= 0.3 is 0 Å². The molecule has 1 aromatic carbocycles. The second-order valence-corrected chi connectivity index (χ2v) is 3.96. The van der Waals surface area contributed by atoms with Crippen LogP contribution in [-0.2, 0) is 10.6 Å². The Morgan fingerprint density at radius 3 is 3.06 bits per heavy atom. The Hall–Kier alpha value is -1.24. The number of para-hydroxylation sites is 1. The molecule has 1 fully saturated rings. The molecule has 0 saturated carbocycles. The molecule has 3 nitrogen and oxygen atoms in total. The molecule has 1 saturated heterocycles. The van der Waals surface area contributed by atoms with Crippen molar-refractivity contribution in [1.29, 1.82) is 5.26 Å². The molecule has 84 valence electrons. The highest BCUT2D eigenvalue weighted by atomic mass is 35.5. The molecule has 1 aromatic rings. The van der Waals surface area contributed by atoms with E-state index in [4.69, 9.17) is 21.6 Å². The van der Waals surface area contributed by atoms with Crippen LogP contribution in [0, 0.1) is 11.3 Å². The van der Waals surface area contributed by atoms with Crippen molar-refractivity contribution in [2.24, 2.45) is 0 Å². The third-order valence-electron chi connectivity index (χ3n) is 2.69. The van der Waals surface area contributed by atoms with Crippen LogP contribution in [0.15, 0.2) is 24.3 Å². The van der Waals surface area contributed by atoms with E-state index in [1.54, 1.807) is 0 Å². The minimum absolute atomic E-state index is 0.336. The number of morpholine rings is 1. The van der Waals surface area contributed by atoms with Crippen LogP contribution in [-0.4, -0.2) is 25.8 Å². The molecule has 0 aliphatic carbocycles. The van der Waals surface area contributed by atoms with Crippen LogP contribution in [0.5, 0.6) is 0 Å².